The van der Waals surface area contributed by atoms with Gasteiger partial charge in [-0.1, -0.05) is 0 Å². The molecule has 0 aromatic carbocycles. The fourth-order valence-corrected chi connectivity index (χ4v) is 1.27. The molecule has 0 aliphatic heterocycles. The average molecular weight is 196 g/mol. The van der Waals surface area contributed by atoms with Crippen molar-refractivity contribution < 1.29 is 9.53 Å². The minimum Gasteiger partial charge on any atom is -0.468 e. The summed E-state index contributed by atoms with van der Waals surface area (Å²) in [5.74, 6) is -0.221. The van der Waals surface area contributed by atoms with Gasteiger partial charge >= 0.3 is 5.97 Å². The summed E-state index contributed by atoms with van der Waals surface area (Å²) in [6.07, 6.45) is 1.88. The summed E-state index contributed by atoms with van der Waals surface area (Å²) >= 11 is 0. The van der Waals surface area contributed by atoms with E-state index in [0.717, 1.165) is 12.2 Å². The van der Waals surface area contributed by atoms with Crippen molar-refractivity contribution >= 4 is 5.97 Å². The van der Waals surface area contributed by atoms with Gasteiger partial charge in [-0.25, -0.2) is 0 Å². The van der Waals surface area contributed by atoms with Crippen LogP contribution in [-0.4, -0.2) is 36.6 Å². The van der Waals surface area contributed by atoms with Crippen LogP contribution in [-0.2, 0) is 22.6 Å². The number of carbonyl (C=O) groups is 1. The summed E-state index contributed by atoms with van der Waals surface area (Å²) in [6, 6.07) is 3.94. The smallest absolute Gasteiger partial charge is 0.325 e. The number of methoxy groups -OCH3 is 1. The van der Waals surface area contributed by atoms with E-state index in [-0.39, 0.29) is 12.5 Å². The van der Waals surface area contributed by atoms with Gasteiger partial charge in [-0.05, 0) is 26.2 Å². The summed E-state index contributed by atoms with van der Waals surface area (Å²) in [6.45, 7) is 1.11. The van der Waals surface area contributed by atoms with Crippen LogP contribution >= 0.6 is 0 Å². The fraction of sp³-hybridized carbons (Fsp3) is 0.500. The molecule has 1 aromatic rings. The lowest BCUT2D eigenvalue weighted by atomic mass is 10.4. The Balaban J connectivity index is 2.67. The Bertz CT molecular complexity index is 305. The number of rotatable bonds is 4. The highest BCUT2D eigenvalue weighted by Gasteiger charge is 2.06. The molecule has 78 valence electrons. The summed E-state index contributed by atoms with van der Waals surface area (Å²) < 4.78 is 6.50. The van der Waals surface area contributed by atoms with Crippen LogP contribution in [0.4, 0.5) is 0 Å². The van der Waals surface area contributed by atoms with Gasteiger partial charge in [-0.2, -0.15) is 0 Å². The Morgan fingerprint density at radius 3 is 2.86 bits per heavy atom. The second-order valence-electron chi connectivity index (χ2n) is 3.44. The number of nitrogens with zero attached hydrogens (tertiary/aromatic N) is 2. The molecule has 0 radical (unpaired) electrons. The van der Waals surface area contributed by atoms with Gasteiger partial charge in [0.1, 0.15) is 6.54 Å². The zero-order valence-corrected chi connectivity index (χ0v) is 8.86. The lowest BCUT2D eigenvalue weighted by molar-refractivity contribution is -0.141. The predicted molar refractivity (Wildman–Crippen MR) is 53.8 cm³/mol. The molecule has 0 unspecified atom stereocenters. The van der Waals surface area contributed by atoms with Gasteiger partial charge in [0.05, 0.1) is 7.11 Å². The van der Waals surface area contributed by atoms with Crippen LogP contribution in [0.2, 0.25) is 0 Å². The van der Waals surface area contributed by atoms with Crippen LogP contribution in [0.3, 0.4) is 0 Å². The topological polar surface area (TPSA) is 34.5 Å². The third kappa shape index (κ3) is 2.88. The SMILES string of the molecule is COC(=O)Cn1cccc1CN(C)C. The van der Waals surface area contributed by atoms with Crippen molar-refractivity contribution in [2.75, 3.05) is 21.2 Å². The number of ether oxygens (including phenoxy) is 1. The van der Waals surface area contributed by atoms with Gasteiger partial charge < -0.3 is 14.2 Å². The van der Waals surface area contributed by atoms with E-state index in [1.54, 1.807) is 0 Å². The third-order valence-electron chi connectivity index (χ3n) is 1.93. The molecule has 0 saturated carbocycles. The van der Waals surface area contributed by atoms with E-state index in [2.05, 4.69) is 9.64 Å². The maximum atomic E-state index is 11.1. The molecule has 0 bridgehead atoms. The second-order valence-corrected chi connectivity index (χ2v) is 3.44. The number of aromatic nitrogens is 1. The Morgan fingerprint density at radius 1 is 1.57 bits per heavy atom. The van der Waals surface area contributed by atoms with Gasteiger partial charge in [0.25, 0.3) is 0 Å². The van der Waals surface area contributed by atoms with Crippen LogP contribution in [0.25, 0.3) is 0 Å². The molecule has 0 aliphatic rings. The number of esters is 1. The number of hydrogen-bond acceptors (Lipinski definition) is 3. The zero-order valence-electron chi connectivity index (χ0n) is 8.86. The quantitative estimate of drug-likeness (QED) is 0.666. The molecule has 0 atom stereocenters. The average Bonchev–Trinajstić information content (AvgIpc) is 2.52. The van der Waals surface area contributed by atoms with Gasteiger partial charge in [0, 0.05) is 18.4 Å². The van der Waals surface area contributed by atoms with Gasteiger partial charge in [0.2, 0.25) is 0 Å². The first-order chi connectivity index (χ1) is 6.63. The van der Waals surface area contributed by atoms with E-state index < -0.39 is 0 Å². The highest BCUT2D eigenvalue weighted by atomic mass is 16.5. The lowest BCUT2D eigenvalue weighted by Gasteiger charge is -2.12. The van der Waals surface area contributed by atoms with E-state index in [4.69, 9.17) is 0 Å². The summed E-state index contributed by atoms with van der Waals surface area (Å²) in [5.41, 5.74) is 1.11. The van der Waals surface area contributed by atoms with Crippen molar-refractivity contribution in [2.45, 2.75) is 13.1 Å². The number of hydrogen-bond donors (Lipinski definition) is 0. The Hall–Kier alpha value is -1.29. The first-order valence-electron chi connectivity index (χ1n) is 4.49. The molecule has 1 rings (SSSR count). The molecule has 0 saturated heterocycles. The van der Waals surface area contributed by atoms with Crippen molar-refractivity contribution in [3.8, 4) is 0 Å². The van der Waals surface area contributed by atoms with Crippen molar-refractivity contribution in [1.82, 2.24) is 9.47 Å². The van der Waals surface area contributed by atoms with Crippen LogP contribution in [0.1, 0.15) is 5.69 Å². The molecule has 0 aliphatic carbocycles. The molecule has 1 heterocycles. The zero-order chi connectivity index (χ0) is 10.6. The standard InChI is InChI=1S/C10H16N2O2/c1-11(2)7-9-5-4-6-12(9)8-10(13)14-3/h4-6H,7-8H2,1-3H3. The third-order valence-corrected chi connectivity index (χ3v) is 1.93. The molecule has 1 aromatic heterocycles. The van der Waals surface area contributed by atoms with Crippen LogP contribution in [0, 0.1) is 0 Å². The highest BCUT2D eigenvalue weighted by Crippen LogP contribution is 2.04. The van der Waals surface area contributed by atoms with E-state index in [9.17, 15) is 4.79 Å². The van der Waals surface area contributed by atoms with Crippen LogP contribution in [0.5, 0.6) is 0 Å². The van der Waals surface area contributed by atoms with E-state index in [0.29, 0.717) is 0 Å². The van der Waals surface area contributed by atoms with E-state index in [1.807, 2.05) is 37.0 Å². The molecule has 0 spiro atoms. The van der Waals surface area contributed by atoms with Crippen molar-refractivity contribution in [1.29, 1.82) is 0 Å². The molecule has 0 N–H and O–H groups in total. The van der Waals surface area contributed by atoms with Gasteiger partial charge in [0.15, 0.2) is 0 Å². The predicted octanol–water partition coefficient (Wildman–Crippen LogP) is 0.723. The summed E-state index contributed by atoms with van der Waals surface area (Å²) in [4.78, 5) is 13.1. The van der Waals surface area contributed by atoms with Crippen LogP contribution in [0.15, 0.2) is 18.3 Å². The van der Waals surface area contributed by atoms with Crippen molar-refractivity contribution in [3.05, 3.63) is 24.0 Å². The maximum Gasteiger partial charge on any atom is 0.325 e. The molecular formula is C10H16N2O2. The van der Waals surface area contributed by atoms with Crippen molar-refractivity contribution in [2.24, 2.45) is 0 Å². The summed E-state index contributed by atoms with van der Waals surface area (Å²) in [7, 11) is 5.39. The fourth-order valence-electron chi connectivity index (χ4n) is 1.27. The first-order valence-corrected chi connectivity index (χ1v) is 4.49. The van der Waals surface area contributed by atoms with Crippen molar-refractivity contribution in [3.63, 3.8) is 0 Å². The Morgan fingerprint density at radius 2 is 2.29 bits per heavy atom. The van der Waals surface area contributed by atoms with Crippen LogP contribution < -0.4 is 0 Å². The van der Waals surface area contributed by atoms with Gasteiger partial charge in [-0.3, -0.25) is 4.79 Å². The molecule has 0 fully saturated rings. The van der Waals surface area contributed by atoms with E-state index in [1.165, 1.54) is 7.11 Å². The maximum absolute atomic E-state index is 11.1. The normalized spacial score (nSPS) is 10.6. The second kappa shape index (κ2) is 4.81. The monoisotopic (exact) mass is 196 g/mol. The first kappa shape index (κ1) is 10.8. The largest absolute Gasteiger partial charge is 0.468 e. The molecule has 4 heteroatoms. The highest BCUT2D eigenvalue weighted by molar-refractivity contribution is 5.69. The molecule has 0 amide bonds. The lowest BCUT2D eigenvalue weighted by Crippen LogP contribution is -2.17. The number of carbonyl (C=O) groups excluding carboxylic acids is 1. The van der Waals surface area contributed by atoms with Gasteiger partial charge in [-0.15, -0.1) is 0 Å². The Kier molecular flexibility index (Phi) is 3.71. The minimum absolute atomic E-state index is 0.221. The Labute approximate surface area is 84.1 Å². The molecular weight excluding hydrogens is 180 g/mol. The molecule has 4 nitrogen and oxygen atoms in total. The van der Waals surface area contributed by atoms with E-state index >= 15 is 0 Å². The molecule has 14 heavy (non-hydrogen) atoms. The minimum atomic E-state index is -0.221. The summed E-state index contributed by atoms with van der Waals surface area (Å²) in [5, 5.41) is 0.